The molecule has 1 heterocycles. The molecule has 0 spiro atoms. The molecular weight excluding hydrogens is 354 g/mol. The van der Waals surface area contributed by atoms with Crippen molar-refractivity contribution in [2.24, 2.45) is 4.99 Å². The first-order chi connectivity index (χ1) is 13.0. The molecule has 0 aliphatic rings. The molecule has 0 saturated carbocycles. The second kappa shape index (κ2) is 7.05. The summed E-state index contributed by atoms with van der Waals surface area (Å²) in [6.45, 7) is 6.23. The number of halogens is 1. The molecule has 0 radical (unpaired) electrons. The zero-order valence-electron chi connectivity index (χ0n) is 15.6. The third-order valence-corrected chi connectivity index (χ3v) is 4.97. The molecule has 0 amide bonds. The number of hydrogen-bond donors (Lipinski definition) is 0. The topological polar surface area (TPSA) is 25.5 Å². The van der Waals surface area contributed by atoms with E-state index < -0.39 is 0 Å². The first-order valence-electron chi connectivity index (χ1n) is 8.93. The molecule has 0 fully saturated rings. The number of fused-ring (bicyclic) bond motifs is 1. The average Bonchev–Trinajstić information content (AvgIpc) is 2.65. The van der Waals surface area contributed by atoms with Crippen molar-refractivity contribution in [3.63, 3.8) is 0 Å². The summed E-state index contributed by atoms with van der Waals surface area (Å²) in [6.07, 6.45) is 0. The smallest absolute Gasteiger partial charge is 0.138 e. The first kappa shape index (κ1) is 17.6. The van der Waals surface area contributed by atoms with E-state index in [4.69, 9.17) is 21.0 Å². The molecule has 3 aromatic carbocycles. The minimum Gasteiger partial charge on any atom is -0.456 e. The van der Waals surface area contributed by atoms with E-state index in [1.165, 1.54) is 11.1 Å². The van der Waals surface area contributed by atoms with Gasteiger partial charge in [0, 0.05) is 17.0 Å². The van der Waals surface area contributed by atoms with Crippen molar-refractivity contribution in [2.45, 2.75) is 20.8 Å². The molecule has 4 aromatic rings. The van der Waals surface area contributed by atoms with Crippen LogP contribution in [-0.4, -0.2) is 0 Å². The molecule has 0 atom stereocenters. The van der Waals surface area contributed by atoms with Crippen LogP contribution in [0.1, 0.15) is 16.7 Å². The van der Waals surface area contributed by atoms with Crippen LogP contribution in [-0.2, 0) is 0 Å². The highest BCUT2D eigenvalue weighted by Crippen LogP contribution is 2.29. The Bertz CT molecular complexity index is 1220. The van der Waals surface area contributed by atoms with Crippen LogP contribution in [0.2, 0.25) is 5.02 Å². The van der Waals surface area contributed by atoms with Crippen LogP contribution >= 0.6 is 11.6 Å². The van der Waals surface area contributed by atoms with Gasteiger partial charge in [0.15, 0.2) is 0 Å². The highest BCUT2D eigenvalue weighted by molar-refractivity contribution is 6.33. The molecule has 0 aliphatic heterocycles. The Balaban J connectivity index is 2.06. The molecule has 0 bridgehead atoms. The largest absolute Gasteiger partial charge is 0.456 e. The zero-order chi connectivity index (χ0) is 19.0. The molecule has 0 aliphatic carbocycles. The summed E-state index contributed by atoms with van der Waals surface area (Å²) in [5, 5.41) is 2.53. The number of nitrogens with zero attached hydrogens (tertiary/aromatic N) is 1. The van der Waals surface area contributed by atoms with E-state index in [2.05, 4.69) is 45.0 Å². The summed E-state index contributed by atoms with van der Waals surface area (Å²) in [5.74, 6) is 0.709. The maximum atomic E-state index is 6.40. The lowest BCUT2D eigenvalue weighted by molar-refractivity contribution is 0.618. The second-order valence-corrected chi connectivity index (χ2v) is 7.28. The number of aryl methyl sites for hydroxylation is 3. The molecule has 4 rings (SSSR count). The van der Waals surface area contributed by atoms with Gasteiger partial charge >= 0.3 is 0 Å². The van der Waals surface area contributed by atoms with Crippen LogP contribution in [0.25, 0.3) is 22.3 Å². The summed E-state index contributed by atoms with van der Waals surface area (Å²) in [5.41, 5.74) is 6.11. The Morgan fingerprint density at radius 2 is 1.56 bits per heavy atom. The molecule has 2 nitrogen and oxygen atoms in total. The Morgan fingerprint density at radius 1 is 0.815 bits per heavy atom. The maximum absolute atomic E-state index is 6.40. The lowest BCUT2D eigenvalue weighted by Crippen LogP contribution is -2.04. The molecule has 0 unspecified atom stereocenters. The van der Waals surface area contributed by atoms with Crippen molar-refractivity contribution in [3.05, 3.63) is 93.8 Å². The van der Waals surface area contributed by atoms with Crippen molar-refractivity contribution in [1.29, 1.82) is 0 Å². The summed E-state index contributed by atoms with van der Waals surface area (Å²) in [6, 6.07) is 22.1. The maximum Gasteiger partial charge on any atom is 0.138 e. The van der Waals surface area contributed by atoms with Gasteiger partial charge in [0.05, 0.1) is 16.1 Å². The lowest BCUT2D eigenvalue weighted by atomic mass is 10.1. The Kier molecular flexibility index (Phi) is 4.59. The van der Waals surface area contributed by atoms with Crippen molar-refractivity contribution < 1.29 is 4.42 Å². The van der Waals surface area contributed by atoms with Crippen molar-refractivity contribution in [2.75, 3.05) is 0 Å². The second-order valence-electron chi connectivity index (χ2n) is 6.88. The van der Waals surface area contributed by atoms with Gasteiger partial charge in [-0.25, -0.2) is 4.99 Å². The summed E-state index contributed by atoms with van der Waals surface area (Å²) in [4.78, 5) is 4.98. The molecular formula is C24H20ClNO. The van der Waals surface area contributed by atoms with Gasteiger partial charge in [-0.15, -0.1) is 0 Å². The van der Waals surface area contributed by atoms with E-state index in [9.17, 15) is 0 Å². The van der Waals surface area contributed by atoms with Gasteiger partial charge in [-0.05, 0) is 62.2 Å². The highest BCUT2D eigenvalue weighted by Gasteiger charge is 2.09. The van der Waals surface area contributed by atoms with Gasteiger partial charge < -0.3 is 4.42 Å². The number of rotatable bonds is 2. The monoisotopic (exact) mass is 373 g/mol. The summed E-state index contributed by atoms with van der Waals surface area (Å²) < 4.78 is 6.17. The molecule has 1 aromatic heterocycles. The van der Waals surface area contributed by atoms with E-state index >= 15 is 0 Å². The fraction of sp³-hybridized carbons (Fsp3) is 0.125. The zero-order valence-corrected chi connectivity index (χ0v) is 16.3. The van der Waals surface area contributed by atoms with E-state index in [1.807, 2.05) is 42.5 Å². The third kappa shape index (κ3) is 3.54. The van der Waals surface area contributed by atoms with Gasteiger partial charge in [-0.2, -0.15) is 0 Å². The normalized spacial score (nSPS) is 11.9. The van der Waals surface area contributed by atoms with E-state index in [0.29, 0.717) is 10.8 Å². The lowest BCUT2D eigenvalue weighted by Gasteiger charge is -2.08. The molecule has 27 heavy (non-hydrogen) atoms. The van der Waals surface area contributed by atoms with E-state index in [0.717, 1.165) is 33.1 Å². The Hall–Kier alpha value is -2.84. The van der Waals surface area contributed by atoms with E-state index in [1.54, 1.807) is 0 Å². The standard InChI is InChI=1S/C24H20ClNO/c1-15-9-11-23-19(12-15)22(26-21-13-16(2)8-10-17(21)3)14-24(27-23)18-6-4-5-7-20(18)25/h4-14H,1-3H3. The van der Waals surface area contributed by atoms with Crippen LogP contribution in [0, 0.1) is 20.8 Å². The molecule has 134 valence electrons. The summed E-state index contributed by atoms with van der Waals surface area (Å²) in [7, 11) is 0. The van der Waals surface area contributed by atoms with Gasteiger partial charge in [-0.3, -0.25) is 0 Å². The number of benzene rings is 3. The quantitative estimate of drug-likeness (QED) is 0.374. The third-order valence-electron chi connectivity index (χ3n) is 4.64. The van der Waals surface area contributed by atoms with E-state index in [-0.39, 0.29) is 0 Å². The van der Waals surface area contributed by atoms with Gasteiger partial charge in [0.25, 0.3) is 0 Å². The summed E-state index contributed by atoms with van der Waals surface area (Å²) >= 11 is 6.40. The van der Waals surface area contributed by atoms with Crippen molar-refractivity contribution >= 4 is 28.3 Å². The molecule has 3 heteroatoms. The SMILES string of the molecule is Cc1ccc(C)c(N=c2cc(-c3ccccc3Cl)oc3ccc(C)cc23)c1. The first-order valence-corrected chi connectivity index (χ1v) is 9.30. The fourth-order valence-electron chi connectivity index (χ4n) is 3.14. The number of hydrogen-bond acceptors (Lipinski definition) is 2. The van der Waals surface area contributed by atoms with Crippen LogP contribution < -0.4 is 5.36 Å². The average molecular weight is 374 g/mol. The van der Waals surface area contributed by atoms with Gasteiger partial charge in [0.1, 0.15) is 11.3 Å². The highest BCUT2D eigenvalue weighted by atomic mass is 35.5. The minimum absolute atomic E-state index is 0.658. The predicted molar refractivity (Wildman–Crippen MR) is 113 cm³/mol. The van der Waals surface area contributed by atoms with Crippen LogP contribution in [0.3, 0.4) is 0 Å². The Morgan fingerprint density at radius 3 is 2.37 bits per heavy atom. The fourth-order valence-corrected chi connectivity index (χ4v) is 3.37. The Labute approximate surface area is 163 Å². The molecule has 0 N–H and O–H groups in total. The van der Waals surface area contributed by atoms with Crippen LogP contribution in [0.15, 0.2) is 76.1 Å². The van der Waals surface area contributed by atoms with Crippen molar-refractivity contribution in [1.82, 2.24) is 0 Å². The van der Waals surface area contributed by atoms with Crippen molar-refractivity contribution in [3.8, 4) is 11.3 Å². The van der Waals surface area contributed by atoms with Crippen LogP contribution in [0.5, 0.6) is 0 Å². The van der Waals surface area contributed by atoms with Gasteiger partial charge in [0.2, 0.25) is 0 Å². The predicted octanol–water partition coefficient (Wildman–Crippen LogP) is 6.91. The van der Waals surface area contributed by atoms with Gasteiger partial charge in [-0.1, -0.05) is 47.5 Å². The van der Waals surface area contributed by atoms with Crippen LogP contribution in [0.4, 0.5) is 5.69 Å². The molecule has 0 saturated heterocycles. The minimum atomic E-state index is 0.658.